The number of carbonyl (C=O) groups is 2. The lowest BCUT2D eigenvalue weighted by atomic mass is 9.93. The van der Waals surface area contributed by atoms with Gasteiger partial charge in [0.2, 0.25) is 11.8 Å². The molecular formula is C25H33FN2O2S. The molecule has 6 heteroatoms. The van der Waals surface area contributed by atoms with Gasteiger partial charge in [-0.3, -0.25) is 9.59 Å². The van der Waals surface area contributed by atoms with Crippen LogP contribution in [0.1, 0.15) is 62.0 Å². The number of nitrogens with zero attached hydrogens (tertiary/aromatic N) is 2. The van der Waals surface area contributed by atoms with Crippen LogP contribution in [0.15, 0.2) is 35.7 Å². The summed E-state index contributed by atoms with van der Waals surface area (Å²) in [5, 5.41) is 2.03. The van der Waals surface area contributed by atoms with Gasteiger partial charge < -0.3 is 9.80 Å². The summed E-state index contributed by atoms with van der Waals surface area (Å²) in [4.78, 5) is 31.2. The highest BCUT2D eigenvalue weighted by atomic mass is 32.1. The minimum absolute atomic E-state index is 0.0503. The van der Waals surface area contributed by atoms with Crippen molar-refractivity contribution in [2.45, 2.75) is 72.0 Å². The summed E-state index contributed by atoms with van der Waals surface area (Å²) >= 11 is 1.63. The Hall–Kier alpha value is -2.21. The Labute approximate surface area is 189 Å². The number of hydrogen-bond acceptors (Lipinski definition) is 3. The van der Waals surface area contributed by atoms with Gasteiger partial charge in [-0.2, -0.15) is 0 Å². The predicted molar refractivity (Wildman–Crippen MR) is 123 cm³/mol. The molecule has 2 amide bonds. The van der Waals surface area contributed by atoms with E-state index < -0.39 is 0 Å². The van der Waals surface area contributed by atoms with Gasteiger partial charge in [0.15, 0.2) is 0 Å². The Morgan fingerprint density at radius 1 is 1.06 bits per heavy atom. The Morgan fingerprint density at radius 2 is 1.74 bits per heavy atom. The molecule has 1 saturated carbocycles. The molecule has 2 aromatic rings. The molecule has 0 N–H and O–H groups in total. The van der Waals surface area contributed by atoms with E-state index in [1.165, 1.54) is 18.6 Å². The Morgan fingerprint density at radius 3 is 2.32 bits per heavy atom. The molecule has 3 rings (SSSR count). The number of carbonyl (C=O) groups excluding carboxylic acids is 2. The number of amides is 2. The minimum atomic E-state index is -0.290. The molecule has 4 nitrogen and oxygen atoms in total. The second-order valence-corrected chi connectivity index (χ2v) is 9.82. The highest BCUT2D eigenvalue weighted by Gasteiger charge is 2.30. The average Bonchev–Trinajstić information content (AvgIpc) is 3.17. The maximum atomic E-state index is 13.5. The first-order chi connectivity index (χ1) is 14.8. The van der Waals surface area contributed by atoms with E-state index in [9.17, 15) is 14.0 Å². The van der Waals surface area contributed by atoms with Crippen molar-refractivity contribution in [1.82, 2.24) is 9.80 Å². The zero-order valence-electron chi connectivity index (χ0n) is 18.8. The molecule has 1 aliphatic rings. The molecule has 0 spiro atoms. The molecule has 1 aromatic heterocycles. The van der Waals surface area contributed by atoms with E-state index in [1.807, 2.05) is 31.1 Å². The summed E-state index contributed by atoms with van der Waals surface area (Å²) in [6.45, 7) is 6.83. The van der Waals surface area contributed by atoms with E-state index in [0.29, 0.717) is 13.1 Å². The lowest BCUT2D eigenvalue weighted by molar-refractivity contribution is -0.145. The Bertz CT molecular complexity index is 872. The van der Waals surface area contributed by atoms with E-state index in [-0.39, 0.29) is 36.1 Å². The topological polar surface area (TPSA) is 40.6 Å². The molecule has 1 fully saturated rings. The molecule has 0 aliphatic heterocycles. The van der Waals surface area contributed by atoms with Crippen LogP contribution in [0.2, 0.25) is 0 Å². The van der Waals surface area contributed by atoms with Crippen LogP contribution in [0.3, 0.4) is 0 Å². The normalized spacial score (nSPS) is 14.6. The first-order valence-corrected chi connectivity index (χ1v) is 12.1. The molecule has 0 saturated heterocycles. The van der Waals surface area contributed by atoms with Gasteiger partial charge in [-0.25, -0.2) is 4.39 Å². The van der Waals surface area contributed by atoms with Crippen LogP contribution in [-0.2, 0) is 22.7 Å². The van der Waals surface area contributed by atoms with Gasteiger partial charge in [0.25, 0.3) is 0 Å². The fraction of sp³-hybridized carbons (Fsp3) is 0.520. The van der Waals surface area contributed by atoms with Crippen LogP contribution < -0.4 is 0 Å². The van der Waals surface area contributed by atoms with Crippen LogP contribution in [-0.4, -0.2) is 34.2 Å². The van der Waals surface area contributed by atoms with Gasteiger partial charge in [-0.05, 0) is 54.5 Å². The fourth-order valence-corrected chi connectivity index (χ4v) is 5.06. The highest BCUT2D eigenvalue weighted by Crippen LogP contribution is 2.25. The minimum Gasteiger partial charge on any atom is -0.332 e. The van der Waals surface area contributed by atoms with Crippen molar-refractivity contribution in [1.29, 1.82) is 0 Å². The van der Waals surface area contributed by atoms with Crippen molar-refractivity contribution in [3.8, 4) is 0 Å². The number of hydrogen-bond donors (Lipinski definition) is 0. The summed E-state index contributed by atoms with van der Waals surface area (Å²) in [5.41, 5.74) is 2.03. The summed E-state index contributed by atoms with van der Waals surface area (Å²) < 4.78 is 13.4. The van der Waals surface area contributed by atoms with Gasteiger partial charge in [-0.1, -0.05) is 45.2 Å². The van der Waals surface area contributed by atoms with E-state index in [4.69, 9.17) is 0 Å². The third-order valence-corrected chi connectivity index (χ3v) is 7.05. The van der Waals surface area contributed by atoms with Gasteiger partial charge >= 0.3 is 0 Å². The third-order valence-electron chi connectivity index (χ3n) is 6.04. The van der Waals surface area contributed by atoms with Crippen molar-refractivity contribution >= 4 is 23.2 Å². The second kappa shape index (κ2) is 10.9. The van der Waals surface area contributed by atoms with Gasteiger partial charge in [0, 0.05) is 23.4 Å². The smallest absolute Gasteiger partial charge is 0.242 e. The monoisotopic (exact) mass is 444 g/mol. The molecule has 0 atom stereocenters. The first-order valence-electron chi connectivity index (χ1n) is 11.2. The molecule has 0 unspecified atom stereocenters. The molecule has 0 bridgehead atoms. The van der Waals surface area contributed by atoms with Crippen LogP contribution in [0.4, 0.5) is 4.39 Å². The molecular weight excluding hydrogens is 411 g/mol. The Balaban J connectivity index is 1.81. The lowest BCUT2D eigenvalue weighted by Crippen LogP contribution is -2.49. The van der Waals surface area contributed by atoms with Gasteiger partial charge in [-0.15, -0.1) is 11.3 Å². The number of halogens is 1. The number of thiophene rings is 1. The standard InChI is InChI=1S/C25H33FN2O2S/c1-18(2)25(30)28(22-7-5-4-6-8-22)17-24(29)27(16-23-19(3)13-14-31-23)15-20-9-11-21(26)12-10-20/h9-14,18,22H,4-8,15-17H2,1-3H3. The molecule has 1 aromatic carbocycles. The summed E-state index contributed by atoms with van der Waals surface area (Å²) in [6, 6.07) is 8.47. The lowest BCUT2D eigenvalue weighted by Gasteiger charge is -2.36. The van der Waals surface area contributed by atoms with E-state index in [2.05, 4.69) is 6.07 Å². The van der Waals surface area contributed by atoms with Crippen molar-refractivity contribution in [3.05, 3.63) is 57.5 Å². The molecule has 0 radical (unpaired) electrons. The highest BCUT2D eigenvalue weighted by molar-refractivity contribution is 7.10. The number of aryl methyl sites for hydroxylation is 1. The molecule has 1 aliphatic carbocycles. The summed E-state index contributed by atoms with van der Waals surface area (Å²) in [7, 11) is 0. The maximum absolute atomic E-state index is 13.5. The van der Waals surface area contributed by atoms with E-state index in [1.54, 1.807) is 28.4 Å². The van der Waals surface area contributed by atoms with Crippen molar-refractivity contribution < 1.29 is 14.0 Å². The van der Waals surface area contributed by atoms with Crippen LogP contribution in [0, 0.1) is 18.7 Å². The van der Waals surface area contributed by atoms with Crippen molar-refractivity contribution in [2.24, 2.45) is 5.92 Å². The van der Waals surface area contributed by atoms with Gasteiger partial charge in [0.1, 0.15) is 12.4 Å². The third kappa shape index (κ3) is 6.39. The summed E-state index contributed by atoms with van der Waals surface area (Å²) in [6.07, 6.45) is 5.34. The van der Waals surface area contributed by atoms with Crippen LogP contribution in [0.5, 0.6) is 0 Å². The zero-order valence-corrected chi connectivity index (χ0v) is 19.6. The number of rotatable bonds is 8. The molecule has 31 heavy (non-hydrogen) atoms. The van der Waals surface area contributed by atoms with E-state index >= 15 is 0 Å². The van der Waals surface area contributed by atoms with Crippen molar-refractivity contribution in [2.75, 3.05) is 6.54 Å². The maximum Gasteiger partial charge on any atom is 0.242 e. The van der Waals surface area contributed by atoms with Crippen molar-refractivity contribution in [3.63, 3.8) is 0 Å². The largest absolute Gasteiger partial charge is 0.332 e. The summed E-state index contributed by atoms with van der Waals surface area (Å²) in [5.74, 6) is -0.437. The average molecular weight is 445 g/mol. The van der Waals surface area contributed by atoms with E-state index in [0.717, 1.165) is 41.7 Å². The van der Waals surface area contributed by atoms with Gasteiger partial charge in [0.05, 0.1) is 6.54 Å². The van der Waals surface area contributed by atoms with Crippen LogP contribution in [0.25, 0.3) is 0 Å². The molecule has 168 valence electrons. The first kappa shape index (κ1) is 23.5. The zero-order chi connectivity index (χ0) is 22.4. The SMILES string of the molecule is Cc1ccsc1CN(Cc1ccc(F)cc1)C(=O)CN(C(=O)C(C)C)C1CCCCC1. The fourth-order valence-electron chi connectivity index (χ4n) is 4.14. The van der Waals surface area contributed by atoms with Crippen LogP contribution >= 0.6 is 11.3 Å². The Kier molecular flexibility index (Phi) is 8.24. The predicted octanol–water partition coefficient (Wildman–Crippen LogP) is 5.54. The number of benzene rings is 1. The molecule has 1 heterocycles. The second-order valence-electron chi connectivity index (χ2n) is 8.82. The quantitative estimate of drug-likeness (QED) is 0.536.